The van der Waals surface area contributed by atoms with Crippen molar-refractivity contribution in [3.63, 3.8) is 0 Å². The van der Waals surface area contributed by atoms with Crippen LogP contribution < -0.4 is 5.32 Å². The number of rotatable bonds is 6. The monoisotopic (exact) mass is 289 g/mol. The van der Waals surface area contributed by atoms with Crippen molar-refractivity contribution in [3.8, 4) is 0 Å². The molecule has 0 aliphatic heterocycles. The summed E-state index contributed by atoms with van der Waals surface area (Å²) >= 11 is 3.44. The summed E-state index contributed by atoms with van der Waals surface area (Å²) in [6.07, 6.45) is -0.755. The van der Waals surface area contributed by atoms with Crippen molar-refractivity contribution in [1.29, 1.82) is 0 Å². The summed E-state index contributed by atoms with van der Waals surface area (Å²) in [5.41, 5.74) is 1.89. The molecule has 0 bridgehead atoms. The van der Waals surface area contributed by atoms with Crippen LogP contribution in [0.25, 0.3) is 0 Å². The maximum Gasteiger partial charge on any atom is 0.0942 e. The summed E-state index contributed by atoms with van der Waals surface area (Å²) < 4.78 is 6.06. The molecule has 0 amide bonds. The van der Waals surface area contributed by atoms with Crippen LogP contribution in [0.1, 0.15) is 5.56 Å². The first-order valence-corrected chi connectivity index (χ1v) is 5.77. The minimum absolute atomic E-state index is 0.249. The molecule has 0 aromatic heterocycles. The second-order valence-electron chi connectivity index (χ2n) is 3.42. The zero-order chi connectivity index (χ0) is 12.0. The first-order valence-electron chi connectivity index (χ1n) is 4.98. The highest BCUT2D eigenvalue weighted by molar-refractivity contribution is 9.10. The predicted octanol–water partition coefficient (Wildman–Crippen LogP) is 1.36. The molecule has 90 valence electrons. The molecule has 5 heteroatoms. The van der Waals surface area contributed by atoms with Crippen molar-refractivity contribution in [2.45, 2.75) is 12.7 Å². The Kier molecular flexibility index (Phi) is 5.76. The molecular weight excluding hydrogens is 274 g/mol. The van der Waals surface area contributed by atoms with Crippen molar-refractivity contribution in [2.24, 2.45) is 0 Å². The maximum absolute atomic E-state index is 9.25. The van der Waals surface area contributed by atoms with E-state index in [2.05, 4.69) is 21.2 Å². The standard InChI is InChI=1S/C11H16BrNO3/c1-16-7-9-10(12)3-2-4-11(9)13-5-8(15)6-14/h2-4,8,13-15H,5-7H2,1H3/t8-/m0/s1. The molecule has 0 aliphatic rings. The average molecular weight is 290 g/mol. The first-order chi connectivity index (χ1) is 7.69. The van der Waals surface area contributed by atoms with Gasteiger partial charge in [0.25, 0.3) is 0 Å². The Labute approximate surface area is 103 Å². The summed E-state index contributed by atoms with van der Waals surface area (Å²) in [6, 6.07) is 5.74. The van der Waals surface area contributed by atoms with Crippen molar-refractivity contribution in [1.82, 2.24) is 0 Å². The molecule has 0 aliphatic carbocycles. The molecule has 0 heterocycles. The van der Waals surface area contributed by atoms with E-state index >= 15 is 0 Å². The predicted molar refractivity (Wildman–Crippen MR) is 66.4 cm³/mol. The van der Waals surface area contributed by atoms with E-state index in [0.29, 0.717) is 13.2 Å². The number of aliphatic hydroxyl groups is 2. The van der Waals surface area contributed by atoms with Gasteiger partial charge in [0.2, 0.25) is 0 Å². The normalized spacial score (nSPS) is 12.5. The second-order valence-corrected chi connectivity index (χ2v) is 4.27. The lowest BCUT2D eigenvalue weighted by atomic mass is 10.2. The molecule has 0 unspecified atom stereocenters. The number of hydrogen-bond donors (Lipinski definition) is 3. The Bertz CT molecular complexity index is 333. The van der Waals surface area contributed by atoms with Crippen molar-refractivity contribution >= 4 is 21.6 Å². The van der Waals surface area contributed by atoms with Crippen LogP contribution in [0.2, 0.25) is 0 Å². The van der Waals surface area contributed by atoms with E-state index in [9.17, 15) is 5.11 Å². The Balaban J connectivity index is 2.74. The summed E-state index contributed by atoms with van der Waals surface area (Å²) in [5.74, 6) is 0. The Morgan fingerprint density at radius 2 is 2.25 bits per heavy atom. The van der Waals surface area contributed by atoms with Crippen LogP contribution in [-0.4, -0.2) is 36.6 Å². The SMILES string of the molecule is COCc1c(Br)cccc1NC[C@H](O)CO. The van der Waals surface area contributed by atoms with Crippen molar-refractivity contribution in [2.75, 3.05) is 25.6 Å². The van der Waals surface area contributed by atoms with E-state index in [1.165, 1.54) is 0 Å². The van der Waals surface area contributed by atoms with Gasteiger partial charge in [-0.25, -0.2) is 0 Å². The van der Waals surface area contributed by atoms with Gasteiger partial charge in [-0.2, -0.15) is 0 Å². The second kappa shape index (κ2) is 6.85. The quantitative estimate of drug-likeness (QED) is 0.740. The number of nitrogens with one attached hydrogen (secondary N) is 1. The average Bonchev–Trinajstić information content (AvgIpc) is 2.29. The highest BCUT2D eigenvalue weighted by Crippen LogP contribution is 2.25. The van der Waals surface area contributed by atoms with Gasteiger partial charge in [0.1, 0.15) is 0 Å². The Hall–Kier alpha value is -0.620. The minimum Gasteiger partial charge on any atom is -0.394 e. The van der Waals surface area contributed by atoms with Gasteiger partial charge in [-0.15, -0.1) is 0 Å². The third-order valence-electron chi connectivity index (χ3n) is 2.15. The molecule has 4 nitrogen and oxygen atoms in total. The summed E-state index contributed by atoms with van der Waals surface area (Å²) in [6.45, 7) is 0.545. The van der Waals surface area contributed by atoms with Gasteiger partial charge in [-0.05, 0) is 12.1 Å². The van der Waals surface area contributed by atoms with Gasteiger partial charge in [0.05, 0.1) is 19.3 Å². The third-order valence-corrected chi connectivity index (χ3v) is 2.89. The van der Waals surface area contributed by atoms with Gasteiger partial charge in [0.15, 0.2) is 0 Å². The smallest absolute Gasteiger partial charge is 0.0942 e. The van der Waals surface area contributed by atoms with Gasteiger partial charge in [0, 0.05) is 29.4 Å². The number of benzene rings is 1. The molecule has 3 N–H and O–H groups in total. The number of hydrogen-bond acceptors (Lipinski definition) is 4. The molecule has 0 fully saturated rings. The lowest BCUT2D eigenvalue weighted by Crippen LogP contribution is -2.23. The van der Waals surface area contributed by atoms with Crippen LogP contribution in [0.3, 0.4) is 0 Å². The lowest BCUT2D eigenvalue weighted by Gasteiger charge is -2.15. The molecule has 0 saturated carbocycles. The van der Waals surface area contributed by atoms with E-state index in [4.69, 9.17) is 9.84 Å². The highest BCUT2D eigenvalue weighted by atomic mass is 79.9. The van der Waals surface area contributed by atoms with Crippen LogP contribution in [0.4, 0.5) is 5.69 Å². The van der Waals surface area contributed by atoms with Crippen molar-refractivity contribution < 1.29 is 14.9 Å². The van der Waals surface area contributed by atoms with Crippen LogP contribution in [0.5, 0.6) is 0 Å². The first kappa shape index (κ1) is 13.4. The maximum atomic E-state index is 9.25. The molecule has 16 heavy (non-hydrogen) atoms. The molecule has 1 atom stereocenters. The molecule has 1 aromatic carbocycles. The zero-order valence-electron chi connectivity index (χ0n) is 9.11. The summed E-state index contributed by atoms with van der Waals surface area (Å²) in [5, 5.41) is 21.0. The summed E-state index contributed by atoms with van der Waals surface area (Å²) in [4.78, 5) is 0. The third kappa shape index (κ3) is 3.75. The highest BCUT2D eigenvalue weighted by Gasteiger charge is 2.07. The molecule has 1 rings (SSSR count). The van der Waals surface area contributed by atoms with Crippen LogP contribution in [-0.2, 0) is 11.3 Å². The molecule has 0 saturated heterocycles. The molecule has 0 radical (unpaired) electrons. The minimum atomic E-state index is -0.755. The topological polar surface area (TPSA) is 61.7 Å². The number of aliphatic hydroxyl groups excluding tert-OH is 2. The summed E-state index contributed by atoms with van der Waals surface area (Å²) in [7, 11) is 1.63. The van der Waals surface area contributed by atoms with E-state index in [0.717, 1.165) is 15.7 Å². The van der Waals surface area contributed by atoms with E-state index < -0.39 is 6.10 Å². The van der Waals surface area contributed by atoms with Gasteiger partial charge in [-0.1, -0.05) is 22.0 Å². The number of methoxy groups -OCH3 is 1. The van der Waals surface area contributed by atoms with E-state index in [1.54, 1.807) is 7.11 Å². The van der Waals surface area contributed by atoms with Gasteiger partial charge in [-0.3, -0.25) is 0 Å². The number of anilines is 1. The molecule has 0 spiro atoms. The zero-order valence-corrected chi connectivity index (χ0v) is 10.7. The van der Waals surface area contributed by atoms with E-state index in [-0.39, 0.29) is 6.61 Å². The fourth-order valence-electron chi connectivity index (χ4n) is 1.31. The van der Waals surface area contributed by atoms with Crippen LogP contribution >= 0.6 is 15.9 Å². The largest absolute Gasteiger partial charge is 0.394 e. The Morgan fingerprint density at radius 3 is 2.88 bits per heavy atom. The van der Waals surface area contributed by atoms with Crippen LogP contribution in [0.15, 0.2) is 22.7 Å². The van der Waals surface area contributed by atoms with Gasteiger partial charge >= 0.3 is 0 Å². The van der Waals surface area contributed by atoms with Crippen LogP contribution in [0, 0.1) is 0 Å². The van der Waals surface area contributed by atoms with Crippen molar-refractivity contribution in [3.05, 3.63) is 28.2 Å². The number of ether oxygens (including phenoxy) is 1. The number of halogens is 1. The lowest BCUT2D eigenvalue weighted by molar-refractivity contribution is 0.105. The van der Waals surface area contributed by atoms with Gasteiger partial charge < -0.3 is 20.3 Å². The molecular formula is C11H16BrNO3. The van der Waals surface area contributed by atoms with E-state index in [1.807, 2.05) is 18.2 Å². The fraction of sp³-hybridized carbons (Fsp3) is 0.455. The Morgan fingerprint density at radius 1 is 1.50 bits per heavy atom. The fourth-order valence-corrected chi connectivity index (χ4v) is 1.79. The molecule has 1 aromatic rings.